The summed E-state index contributed by atoms with van der Waals surface area (Å²) in [5.74, 6) is 1.50. The average Bonchev–Trinajstić information content (AvgIpc) is 2.72. The van der Waals surface area contributed by atoms with Gasteiger partial charge in [-0.05, 0) is 62.6 Å². The summed E-state index contributed by atoms with van der Waals surface area (Å²) >= 11 is 7.58. The summed E-state index contributed by atoms with van der Waals surface area (Å²) in [6, 6.07) is 14.7. The number of carbonyl (C=O) groups is 2. The summed E-state index contributed by atoms with van der Waals surface area (Å²) in [6.45, 7) is 8.10. The highest BCUT2D eigenvalue weighted by molar-refractivity contribution is 7.99. The quantitative estimate of drug-likeness (QED) is 0.505. The van der Waals surface area contributed by atoms with Gasteiger partial charge in [0.15, 0.2) is 0 Å². The number of halogens is 1. The molecule has 0 fully saturated rings. The van der Waals surface area contributed by atoms with Crippen molar-refractivity contribution in [1.82, 2.24) is 10.2 Å². The van der Waals surface area contributed by atoms with Crippen LogP contribution < -0.4 is 10.1 Å². The molecule has 1 N–H and O–H groups in total. The van der Waals surface area contributed by atoms with Crippen LogP contribution in [0.15, 0.2) is 48.5 Å². The zero-order valence-electron chi connectivity index (χ0n) is 19.5. The maximum absolute atomic E-state index is 13.3. The summed E-state index contributed by atoms with van der Waals surface area (Å²) in [7, 11) is 1.62. The molecule has 0 aliphatic rings. The fourth-order valence-electron chi connectivity index (χ4n) is 3.27. The Kier molecular flexibility index (Phi) is 9.91. The van der Waals surface area contributed by atoms with E-state index in [2.05, 4.69) is 5.32 Å². The first-order valence-corrected chi connectivity index (χ1v) is 12.2. The van der Waals surface area contributed by atoms with E-state index in [9.17, 15) is 9.59 Å². The number of ether oxygens (including phenoxy) is 1. The van der Waals surface area contributed by atoms with Gasteiger partial charge in [0.1, 0.15) is 11.8 Å². The van der Waals surface area contributed by atoms with Gasteiger partial charge in [-0.15, -0.1) is 11.8 Å². The number of thioether (sulfide) groups is 1. The fourth-order valence-corrected chi connectivity index (χ4v) is 4.34. The van der Waals surface area contributed by atoms with Crippen LogP contribution in [0.2, 0.25) is 5.02 Å². The van der Waals surface area contributed by atoms with E-state index in [1.54, 1.807) is 12.0 Å². The third-order valence-electron chi connectivity index (χ3n) is 4.78. The molecule has 0 bridgehead atoms. The van der Waals surface area contributed by atoms with Gasteiger partial charge in [0.05, 0.1) is 12.9 Å². The summed E-state index contributed by atoms with van der Waals surface area (Å²) in [5, 5.41) is 3.70. The largest absolute Gasteiger partial charge is 0.497 e. The highest BCUT2D eigenvalue weighted by Crippen LogP contribution is 2.20. The Hall–Kier alpha value is -2.18. The van der Waals surface area contributed by atoms with E-state index in [4.69, 9.17) is 16.3 Å². The molecule has 2 amide bonds. The highest BCUT2D eigenvalue weighted by Gasteiger charge is 2.30. The zero-order valence-corrected chi connectivity index (χ0v) is 21.1. The van der Waals surface area contributed by atoms with Gasteiger partial charge in [-0.2, -0.15) is 0 Å². The van der Waals surface area contributed by atoms with Crippen molar-refractivity contribution < 1.29 is 14.3 Å². The van der Waals surface area contributed by atoms with Crippen molar-refractivity contribution in [3.8, 4) is 5.75 Å². The first kappa shape index (κ1) is 26.1. The summed E-state index contributed by atoms with van der Waals surface area (Å²) in [5.41, 5.74) is 1.64. The fraction of sp³-hybridized carbons (Fsp3) is 0.440. The van der Waals surface area contributed by atoms with Crippen molar-refractivity contribution in [2.45, 2.75) is 58.0 Å². The number of carbonyl (C=O) groups excluding carboxylic acids is 2. The van der Waals surface area contributed by atoms with Crippen LogP contribution in [-0.2, 0) is 21.9 Å². The van der Waals surface area contributed by atoms with E-state index in [1.165, 1.54) is 11.8 Å². The third kappa shape index (κ3) is 8.40. The normalized spacial score (nSPS) is 12.2. The Morgan fingerprint density at radius 2 is 1.81 bits per heavy atom. The molecule has 1 atom stereocenters. The molecule has 0 saturated carbocycles. The van der Waals surface area contributed by atoms with Crippen molar-refractivity contribution in [2.24, 2.45) is 0 Å². The molecule has 0 radical (unpaired) electrons. The average molecular weight is 477 g/mol. The second kappa shape index (κ2) is 12.2. The Morgan fingerprint density at radius 1 is 1.12 bits per heavy atom. The van der Waals surface area contributed by atoms with E-state index in [0.717, 1.165) is 16.9 Å². The minimum Gasteiger partial charge on any atom is -0.497 e. The molecule has 0 spiro atoms. The molecular formula is C25H33ClN2O3S. The minimum atomic E-state index is -0.546. The number of nitrogens with one attached hydrogen (secondary N) is 1. The van der Waals surface area contributed by atoms with E-state index in [1.807, 2.05) is 76.2 Å². The second-order valence-electron chi connectivity index (χ2n) is 8.66. The van der Waals surface area contributed by atoms with Crippen LogP contribution in [0.25, 0.3) is 0 Å². The van der Waals surface area contributed by atoms with Crippen LogP contribution in [0.5, 0.6) is 5.75 Å². The van der Waals surface area contributed by atoms with Crippen LogP contribution in [0.1, 0.15) is 45.2 Å². The number of hydrogen-bond donors (Lipinski definition) is 1. The highest BCUT2D eigenvalue weighted by atomic mass is 35.5. The molecule has 174 valence electrons. The zero-order chi connectivity index (χ0) is 23.7. The van der Waals surface area contributed by atoms with Crippen molar-refractivity contribution in [3.63, 3.8) is 0 Å². The molecule has 2 rings (SSSR count). The van der Waals surface area contributed by atoms with Crippen molar-refractivity contribution in [1.29, 1.82) is 0 Å². The Balaban J connectivity index is 2.16. The number of nitrogens with zero attached hydrogens (tertiary/aromatic N) is 1. The van der Waals surface area contributed by atoms with E-state index >= 15 is 0 Å². The van der Waals surface area contributed by atoms with Gasteiger partial charge in [0, 0.05) is 22.9 Å². The van der Waals surface area contributed by atoms with Gasteiger partial charge in [-0.3, -0.25) is 9.59 Å². The molecule has 2 aromatic carbocycles. The summed E-state index contributed by atoms with van der Waals surface area (Å²) < 4.78 is 5.23. The maximum atomic E-state index is 13.3. The molecule has 7 heteroatoms. The summed E-state index contributed by atoms with van der Waals surface area (Å²) in [6.07, 6.45) is 0.531. The van der Waals surface area contributed by atoms with Crippen molar-refractivity contribution >= 4 is 35.2 Å². The molecule has 0 saturated heterocycles. The van der Waals surface area contributed by atoms with Crippen LogP contribution in [0.3, 0.4) is 0 Å². The summed E-state index contributed by atoms with van der Waals surface area (Å²) in [4.78, 5) is 28.0. The van der Waals surface area contributed by atoms with Gasteiger partial charge >= 0.3 is 0 Å². The first-order chi connectivity index (χ1) is 15.1. The third-order valence-corrected chi connectivity index (χ3v) is 6.00. The maximum Gasteiger partial charge on any atom is 0.243 e. The van der Waals surface area contributed by atoms with Gasteiger partial charge in [0.25, 0.3) is 0 Å². The van der Waals surface area contributed by atoms with Gasteiger partial charge in [-0.1, -0.05) is 42.8 Å². The predicted molar refractivity (Wildman–Crippen MR) is 133 cm³/mol. The number of amides is 2. The lowest BCUT2D eigenvalue weighted by molar-refractivity contribution is -0.140. The van der Waals surface area contributed by atoms with E-state index in [0.29, 0.717) is 23.7 Å². The van der Waals surface area contributed by atoms with Gasteiger partial charge < -0.3 is 15.0 Å². The topological polar surface area (TPSA) is 58.6 Å². The lowest BCUT2D eigenvalue weighted by Gasteiger charge is -2.33. The molecule has 0 aliphatic carbocycles. The molecule has 32 heavy (non-hydrogen) atoms. The first-order valence-electron chi connectivity index (χ1n) is 10.7. The number of hydrogen-bond acceptors (Lipinski definition) is 4. The molecule has 0 aliphatic heterocycles. The Labute approximate surface area is 200 Å². The lowest BCUT2D eigenvalue weighted by Crippen LogP contribution is -2.53. The van der Waals surface area contributed by atoms with Crippen LogP contribution in [0, 0.1) is 0 Å². The monoisotopic (exact) mass is 476 g/mol. The van der Waals surface area contributed by atoms with Crippen molar-refractivity contribution in [3.05, 3.63) is 64.7 Å². The standard InChI is InChI=1S/C25H33ClN2O3S/c1-6-22(24(30)27-25(2,3)4)28(15-18-10-12-21(31-5)13-11-18)23(29)17-32-16-19-8-7-9-20(26)14-19/h7-14,22H,6,15-17H2,1-5H3,(H,27,30)/t22-/m0/s1. The second-order valence-corrected chi connectivity index (χ2v) is 10.1. The minimum absolute atomic E-state index is 0.0660. The lowest BCUT2D eigenvalue weighted by atomic mass is 10.1. The molecular weight excluding hydrogens is 444 g/mol. The predicted octanol–water partition coefficient (Wildman–Crippen LogP) is 5.30. The number of rotatable bonds is 10. The van der Waals surface area contributed by atoms with E-state index in [-0.39, 0.29) is 23.1 Å². The number of benzene rings is 2. The molecule has 2 aromatic rings. The molecule has 0 heterocycles. The SMILES string of the molecule is CC[C@@H](C(=O)NC(C)(C)C)N(Cc1ccc(OC)cc1)C(=O)CSCc1cccc(Cl)c1. The molecule has 0 unspecified atom stereocenters. The Morgan fingerprint density at radius 3 is 2.38 bits per heavy atom. The van der Waals surface area contributed by atoms with Gasteiger partial charge in [0.2, 0.25) is 11.8 Å². The van der Waals surface area contributed by atoms with Crippen molar-refractivity contribution in [2.75, 3.05) is 12.9 Å². The van der Waals surface area contributed by atoms with E-state index < -0.39 is 6.04 Å². The molecule has 0 aromatic heterocycles. The van der Waals surface area contributed by atoms with Crippen LogP contribution in [-0.4, -0.2) is 41.2 Å². The van der Waals surface area contributed by atoms with Crippen LogP contribution >= 0.6 is 23.4 Å². The number of methoxy groups -OCH3 is 1. The van der Waals surface area contributed by atoms with Crippen LogP contribution in [0.4, 0.5) is 0 Å². The van der Waals surface area contributed by atoms with Gasteiger partial charge in [-0.25, -0.2) is 0 Å². The smallest absolute Gasteiger partial charge is 0.243 e. The Bertz CT molecular complexity index is 897. The molecule has 5 nitrogen and oxygen atoms in total.